The van der Waals surface area contributed by atoms with Gasteiger partial charge < -0.3 is 8.89 Å². The second-order valence-electron chi connectivity index (χ2n) is 18.6. The summed E-state index contributed by atoms with van der Waals surface area (Å²) in [6.45, 7) is 28.9. The van der Waals surface area contributed by atoms with Crippen molar-refractivity contribution < 1.29 is 8.89 Å². The van der Waals surface area contributed by atoms with Gasteiger partial charge in [-0.3, -0.25) is 0 Å². The molecule has 3 aromatic carbocycles. The molecule has 7 rings (SSSR count). The zero-order valence-electron chi connectivity index (χ0n) is 33.6. The number of benzene rings is 3. The minimum absolute atomic E-state index is 0.0383. The third-order valence-electron chi connectivity index (χ3n) is 11.6. The molecule has 2 bridgehead atoms. The summed E-state index contributed by atoms with van der Waals surface area (Å²) in [5.41, 5.74) is 7.24. The summed E-state index contributed by atoms with van der Waals surface area (Å²) in [6, 6.07) is 28.5. The fourth-order valence-corrected chi connectivity index (χ4v) is 36.3. The summed E-state index contributed by atoms with van der Waals surface area (Å²) in [6.07, 6.45) is 3.56. The highest BCUT2D eigenvalue weighted by molar-refractivity contribution is 8.30. The van der Waals surface area contributed by atoms with E-state index < -0.39 is 37.8 Å². The van der Waals surface area contributed by atoms with Crippen LogP contribution in [0.5, 0.6) is 0 Å². The highest BCUT2D eigenvalue weighted by Gasteiger charge is 2.79. The Hall–Kier alpha value is -2.12. The largest absolute Gasteiger partial charge is 0.523 e. The third kappa shape index (κ3) is 6.05. The molecule has 52 heavy (non-hydrogen) atoms. The van der Waals surface area contributed by atoms with E-state index in [0.29, 0.717) is 23.7 Å². The highest BCUT2D eigenvalue weighted by atomic mass is 32.1. The topological polar surface area (TPSA) is 45.1 Å². The normalized spacial score (nSPS) is 28.4. The molecule has 2 heterocycles. The van der Waals surface area contributed by atoms with Crippen molar-refractivity contribution in [1.82, 2.24) is 8.67 Å². The monoisotopic (exact) mass is 768 g/mol. The van der Waals surface area contributed by atoms with Crippen molar-refractivity contribution in [2.45, 2.75) is 135 Å². The lowest BCUT2D eigenvalue weighted by Crippen LogP contribution is -2.76. The molecule has 0 radical (unpaired) electrons. The Morgan fingerprint density at radius 1 is 0.808 bits per heavy atom. The first kappa shape index (κ1) is 38.2. The van der Waals surface area contributed by atoms with Gasteiger partial charge in [0.2, 0.25) is 15.6 Å². The lowest BCUT2D eigenvalue weighted by atomic mass is 9.92. The quantitative estimate of drug-likeness (QED) is 0.177. The molecule has 9 heteroatoms. The SMILES string of the molecule is CC(C)c1cccc(C(C)C)c1N=C1/C(=[P+](/P2N(C(C)(C)C)[Si](C)(C)N2C(C)(C)C)[C@]2(c3ccccc3)O[Si](=O)[C@H]2c2ccccc2)C2CCC1C2. The number of fused-ring (bicyclic) bond motifs is 2. The molecule has 2 aliphatic heterocycles. The first-order chi connectivity index (χ1) is 24.4. The van der Waals surface area contributed by atoms with Crippen molar-refractivity contribution in [3.63, 3.8) is 0 Å². The van der Waals surface area contributed by atoms with Gasteiger partial charge in [-0.25, -0.2) is 13.7 Å². The van der Waals surface area contributed by atoms with Crippen LogP contribution in [0.3, 0.4) is 0 Å². The van der Waals surface area contributed by atoms with Crippen LogP contribution in [0.25, 0.3) is 0 Å². The predicted molar refractivity (Wildman–Crippen MR) is 227 cm³/mol. The van der Waals surface area contributed by atoms with E-state index in [1.54, 1.807) is 5.29 Å². The van der Waals surface area contributed by atoms with Crippen molar-refractivity contribution in [3.05, 3.63) is 101 Å². The molecule has 2 aliphatic carbocycles. The molecule has 0 amide bonds. The van der Waals surface area contributed by atoms with E-state index in [9.17, 15) is 4.46 Å². The number of rotatable bonds is 7. The molecular weight excluding hydrogens is 709 g/mol. The molecule has 276 valence electrons. The Labute approximate surface area is 318 Å². The fraction of sp³-hybridized carbons (Fsp3) is 0.535. The summed E-state index contributed by atoms with van der Waals surface area (Å²) >= 11 is 0. The van der Waals surface area contributed by atoms with E-state index in [1.165, 1.54) is 47.4 Å². The van der Waals surface area contributed by atoms with E-state index >= 15 is 0 Å². The second-order valence-corrected chi connectivity index (χ2v) is 30.0. The van der Waals surface area contributed by atoms with Crippen molar-refractivity contribution in [2.75, 3.05) is 0 Å². The Balaban J connectivity index is 1.63. The molecule has 2 saturated heterocycles. The van der Waals surface area contributed by atoms with Gasteiger partial charge in [0, 0.05) is 28.5 Å². The van der Waals surface area contributed by atoms with Crippen LogP contribution in [-0.2, 0) is 14.2 Å². The van der Waals surface area contributed by atoms with Gasteiger partial charge in [0.15, 0.2) is 10.8 Å². The predicted octanol–water partition coefficient (Wildman–Crippen LogP) is 12.4. The average Bonchev–Trinajstić information content (AvgIpc) is 3.65. The van der Waals surface area contributed by atoms with Gasteiger partial charge in [0.25, 0.3) is 13.3 Å². The Morgan fingerprint density at radius 2 is 1.33 bits per heavy atom. The van der Waals surface area contributed by atoms with Crippen molar-refractivity contribution in [3.8, 4) is 0 Å². The molecule has 3 aromatic rings. The van der Waals surface area contributed by atoms with E-state index in [1.807, 2.05) is 0 Å². The first-order valence-corrected chi connectivity index (χ1v) is 27.1. The summed E-state index contributed by atoms with van der Waals surface area (Å²) in [5.74, 6) is 1.65. The molecule has 0 spiro atoms. The van der Waals surface area contributed by atoms with Gasteiger partial charge in [0.05, 0.1) is 11.4 Å². The Bertz CT molecular complexity index is 1870. The number of nitrogens with zero attached hydrogens (tertiary/aromatic N) is 3. The summed E-state index contributed by atoms with van der Waals surface area (Å²) in [4.78, 5) is 5.97. The second kappa shape index (κ2) is 13.6. The van der Waals surface area contributed by atoms with Crippen LogP contribution in [0.2, 0.25) is 13.1 Å². The zero-order valence-corrected chi connectivity index (χ0v) is 37.4. The van der Waals surface area contributed by atoms with Gasteiger partial charge in [-0.05, 0) is 102 Å². The molecule has 4 aliphatic rings. The Kier molecular flexibility index (Phi) is 9.96. The summed E-state index contributed by atoms with van der Waals surface area (Å²) in [7, 11) is -6.44. The van der Waals surface area contributed by atoms with Crippen LogP contribution in [0.15, 0.2) is 83.9 Å². The van der Waals surface area contributed by atoms with E-state index in [0.717, 1.165) is 5.56 Å². The molecule has 2 saturated carbocycles. The van der Waals surface area contributed by atoms with Crippen LogP contribution in [-0.4, -0.2) is 48.1 Å². The standard InChI is InChI=1S/C43H60N3O2P2Si2/c1-29(2)35-24-19-25-36(30(3)4)38(35)44-37-32-26-27-33(28-32)39(37)49(50-45(41(5,6)7)52(11,12)46(50)42(8,9)10)43(34-22-17-14-18-23-34)40(51(47)48-43)31-20-15-13-16-21-31/h13-25,29-30,32-33,40H,26-28H2,1-12H3/q+1/t32?,33?,40-,43-/m0/s1. The van der Waals surface area contributed by atoms with Gasteiger partial charge >= 0.3 is 8.93 Å². The van der Waals surface area contributed by atoms with Crippen molar-refractivity contribution in [2.24, 2.45) is 16.8 Å². The summed E-state index contributed by atoms with van der Waals surface area (Å²) in [5, 5.41) is 0.842. The van der Waals surface area contributed by atoms with Gasteiger partial charge in [-0.15, -0.1) is 0 Å². The smallest absolute Gasteiger partial charge is 0.477 e. The van der Waals surface area contributed by atoms with E-state index in [2.05, 4.69) is 170 Å². The van der Waals surface area contributed by atoms with Gasteiger partial charge in [-0.1, -0.05) is 107 Å². The lowest BCUT2D eigenvalue weighted by molar-refractivity contribution is 0.0628. The Morgan fingerprint density at radius 3 is 1.83 bits per heavy atom. The van der Waals surface area contributed by atoms with Crippen LogP contribution in [0, 0.1) is 11.8 Å². The zero-order chi connectivity index (χ0) is 37.5. The van der Waals surface area contributed by atoms with Crippen LogP contribution in [0.1, 0.15) is 128 Å². The third-order valence-corrected chi connectivity index (χ3v) is 30.5. The maximum atomic E-state index is 14.4. The number of hydrogen-bond donors (Lipinski definition) is 0. The van der Waals surface area contributed by atoms with Crippen LogP contribution in [0.4, 0.5) is 5.69 Å². The van der Waals surface area contributed by atoms with Gasteiger partial charge in [-0.2, -0.15) is 0 Å². The number of aliphatic imine (C=N–C) groups is 1. The average molecular weight is 769 g/mol. The molecule has 0 aromatic heterocycles. The molecular formula is C43H60N3O2P2Si2+. The maximum Gasteiger partial charge on any atom is 0.523 e. The van der Waals surface area contributed by atoms with Crippen molar-refractivity contribution >= 4 is 49.2 Å². The minimum Gasteiger partial charge on any atom is -0.477 e. The number of para-hydroxylation sites is 1. The maximum absolute atomic E-state index is 14.4. The summed E-state index contributed by atoms with van der Waals surface area (Å²) < 4.78 is 27.6. The molecule has 5 atom stereocenters. The molecule has 0 N–H and O–H groups in total. The van der Waals surface area contributed by atoms with Crippen molar-refractivity contribution in [1.29, 1.82) is 0 Å². The molecule has 4 fully saturated rings. The molecule has 3 unspecified atom stereocenters. The first-order valence-electron chi connectivity index (χ1n) is 19.5. The van der Waals surface area contributed by atoms with Crippen LogP contribution >= 0.6 is 15.1 Å². The minimum atomic E-state index is -2.39. The fourth-order valence-electron chi connectivity index (χ4n) is 10.0. The lowest BCUT2D eigenvalue weighted by Gasteiger charge is -2.67. The van der Waals surface area contributed by atoms with Crippen LogP contribution < -0.4 is 0 Å². The van der Waals surface area contributed by atoms with Gasteiger partial charge in [0.1, 0.15) is 0 Å². The molecule has 5 nitrogen and oxygen atoms in total. The van der Waals surface area contributed by atoms with E-state index in [4.69, 9.17) is 9.42 Å². The highest BCUT2D eigenvalue weighted by Crippen LogP contribution is 2.88. The number of hydrogen-bond acceptors (Lipinski definition) is 5. The van der Waals surface area contributed by atoms with E-state index in [-0.39, 0.29) is 16.6 Å².